The third-order valence-electron chi connectivity index (χ3n) is 7.10. The molecule has 4 nitrogen and oxygen atoms in total. The molecule has 0 bridgehead atoms. The van der Waals surface area contributed by atoms with Gasteiger partial charge in [0.2, 0.25) is 0 Å². The first kappa shape index (κ1) is 33.6. The van der Waals surface area contributed by atoms with Crippen LogP contribution in [0.15, 0.2) is 83.4 Å². The van der Waals surface area contributed by atoms with Crippen molar-refractivity contribution in [2.75, 3.05) is 0 Å². The van der Waals surface area contributed by atoms with E-state index in [-0.39, 0.29) is 40.9 Å². The van der Waals surface area contributed by atoms with Crippen LogP contribution < -0.4 is 10.6 Å². The van der Waals surface area contributed by atoms with Crippen molar-refractivity contribution in [2.45, 2.75) is 65.5 Å². The van der Waals surface area contributed by atoms with Crippen molar-refractivity contribution >= 4 is 23.5 Å². The minimum Gasteiger partial charge on any atom is -0.354 e. The van der Waals surface area contributed by atoms with E-state index in [2.05, 4.69) is 35.2 Å². The largest absolute Gasteiger partial charge is 0.354 e. The van der Waals surface area contributed by atoms with Gasteiger partial charge in [0.25, 0.3) is 5.91 Å². The molecule has 3 rings (SSSR count). The summed E-state index contributed by atoms with van der Waals surface area (Å²) in [5, 5.41) is 5.99. The molecule has 3 aromatic rings. The average molecular weight is 614 g/mol. The number of carbonyl (C=O) groups is 1. The normalized spacial score (nSPS) is 13.4. The van der Waals surface area contributed by atoms with E-state index < -0.39 is 23.4 Å². The summed E-state index contributed by atoms with van der Waals surface area (Å²) in [6, 6.07) is 11.6. The monoisotopic (exact) mass is 613 g/mol. The van der Waals surface area contributed by atoms with E-state index in [1.807, 2.05) is 19.9 Å². The van der Waals surface area contributed by atoms with Crippen LogP contribution in [-0.2, 0) is 6.54 Å². The van der Waals surface area contributed by atoms with Gasteiger partial charge in [-0.2, -0.15) is 0 Å². The Morgan fingerprint density at radius 1 is 1.02 bits per heavy atom. The van der Waals surface area contributed by atoms with Crippen LogP contribution in [-0.4, -0.2) is 17.9 Å². The number of benzene rings is 3. The van der Waals surface area contributed by atoms with Crippen LogP contribution in [0.3, 0.4) is 0 Å². The third kappa shape index (κ3) is 9.82. The van der Waals surface area contributed by atoms with Crippen molar-refractivity contribution in [2.24, 2.45) is 4.99 Å². The summed E-state index contributed by atoms with van der Waals surface area (Å²) < 4.78 is 55.4. The molecule has 2 unspecified atom stereocenters. The Balaban J connectivity index is 1.89. The van der Waals surface area contributed by atoms with Gasteiger partial charge >= 0.3 is 0 Å². The maximum Gasteiger partial charge on any atom is 0.258 e. The lowest BCUT2D eigenvalue weighted by Crippen LogP contribution is -2.45. The van der Waals surface area contributed by atoms with Crippen molar-refractivity contribution in [1.29, 1.82) is 0 Å². The van der Waals surface area contributed by atoms with E-state index in [0.717, 1.165) is 47.4 Å². The van der Waals surface area contributed by atoms with Gasteiger partial charge in [-0.05, 0) is 105 Å². The Hall–Kier alpha value is -3.91. The lowest BCUT2D eigenvalue weighted by Gasteiger charge is -2.24. The number of amides is 1. The maximum atomic E-state index is 14.6. The number of nitrogens with one attached hydrogen (secondary N) is 2. The highest BCUT2D eigenvalue weighted by atomic mass is 35.5. The molecule has 3 aromatic carbocycles. The SMILES string of the molecule is C=C(C)C(=CCC(CC(C)NC(=NCc1ccc(F)cc1Cl)NC(=O)c1ccc(F)c(F)c1)c1ccc(C)c(F)c1)CC. The van der Waals surface area contributed by atoms with Crippen molar-refractivity contribution in [3.63, 3.8) is 0 Å². The molecular weight excluding hydrogens is 578 g/mol. The van der Waals surface area contributed by atoms with Crippen LogP contribution in [0.25, 0.3) is 0 Å². The van der Waals surface area contributed by atoms with Gasteiger partial charge in [-0.1, -0.05) is 55.0 Å². The molecule has 0 saturated carbocycles. The number of guanidine groups is 1. The topological polar surface area (TPSA) is 53.5 Å². The maximum absolute atomic E-state index is 14.6. The van der Waals surface area contributed by atoms with E-state index in [0.29, 0.717) is 24.0 Å². The average Bonchev–Trinajstić information content (AvgIpc) is 2.94. The molecule has 9 heteroatoms. The van der Waals surface area contributed by atoms with E-state index in [9.17, 15) is 22.4 Å². The fraction of sp³-hybridized carbons (Fsp3) is 0.294. The highest BCUT2D eigenvalue weighted by Crippen LogP contribution is 2.29. The number of aryl methyl sites for hydroxylation is 1. The van der Waals surface area contributed by atoms with Crippen molar-refractivity contribution in [1.82, 2.24) is 10.6 Å². The zero-order valence-corrected chi connectivity index (χ0v) is 25.5. The van der Waals surface area contributed by atoms with Gasteiger partial charge < -0.3 is 5.32 Å². The molecule has 228 valence electrons. The second kappa shape index (κ2) is 15.5. The molecule has 0 fully saturated rings. The zero-order chi connectivity index (χ0) is 31.7. The summed E-state index contributed by atoms with van der Waals surface area (Å²) in [5.41, 5.74) is 3.88. The first-order valence-electron chi connectivity index (χ1n) is 14.0. The Morgan fingerprint density at radius 3 is 2.40 bits per heavy atom. The Morgan fingerprint density at radius 2 is 1.77 bits per heavy atom. The fourth-order valence-corrected chi connectivity index (χ4v) is 4.83. The van der Waals surface area contributed by atoms with Gasteiger partial charge in [-0.15, -0.1) is 0 Å². The third-order valence-corrected chi connectivity index (χ3v) is 7.45. The molecular formula is C34H36ClF4N3O. The molecule has 0 heterocycles. The minimum absolute atomic E-state index is 0.0000366. The molecule has 43 heavy (non-hydrogen) atoms. The summed E-state index contributed by atoms with van der Waals surface area (Å²) in [4.78, 5) is 17.4. The van der Waals surface area contributed by atoms with Gasteiger partial charge in [0.05, 0.1) is 6.54 Å². The van der Waals surface area contributed by atoms with Gasteiger partial charge in [-0.3, -0.25) is 10.1 Å². The molecule has 2 N–H and O–H groups in total. The van der Waals surface area contributed by atoms with E-state index in [1.54, 1.807) is 19.1 Å². The Bertz CT molecular complexity index is 1540. The van der Waals surface area contributed by atoms with Gasteiger partial charge in [0, 0.05) is 16.6 Å². The number of hydrogen-bond donors (Lipinski definition) is 2. The lowest BCUT2D eigenvalue weighted by molar-refractivity contribution is 0.0975. The molecule has 2 atom stereocenters. The van der Waals surface area contributed by atoms with E-state index in [1.165, 1.54) is 12.1 Å². The number of rotatable bonds is 11. The number of halogens is 5. The first-order chi connectivity index (χ1) is 20.4. The Kier molecular flexibility index (Phi) is 12.1. The molecule has 1 amide bonds. The smallest absolute Gasteiger partial charge is 0.258 e. The predicted molar refractivity (Wildman–Crippen MR) is 165 cm³/mol. The summed E-state index contributed by atoms with van der Waals surface area (Å²) >= 11 is 6.17. The zero-order valence-electron chi connectivity index (χ0n) is 24.7. The number of allylic oxidation sites excluding steroid dienone is 3. The van der Waals surface area contributed by atoms with Crippen molar-refractivity contribution < 1.29 is 22.4 Å². The van der Waals surface area contributed by atoms with Crippen LogP contribution in [0.5, 0.6) is 0 Å². The second-order valence-electron chi connectivity index (χ2n) is 10.6. The highest BCUT2D eigenvalue weighted by molar-refractivity contribution is 6.31. The summed E-state index contributed by atoms with van der Waals surface area (Å²) in [7, 11) is 0. The van der Waals surface area contributed by atoms with E-state index >= 15 is 0 Å². The van der Waals surface area contributed by atoms with Crippen LogP contribution in [0.1, 0.15) is 73.0 Å². The van der Waals surface area contributed by atoms with Crippen LogP contribution in [0.2, 0.25) is 5.02 Å². The van der Waals surface area contributed by atoms with Gasteiger partial charge in [0.15, 0.2) is 17.6 Å². The highest BCUT2D eigenvalue weighted by Gasteiger charge is 2.19. The molecule has 0 aliphatic rings. The van der Waals surface area contributed by atoms with Gasteiger partial charge in [0.1, 0.15) is 11.6 Å². The Labute approximate surface area is 255 Å². The molecule has 0 aliphatic heterocycles. The minimum atomic E-state index is -1.16. The van der Waals surface area contributed by atoms with Crippen LogP contribution in [0.4, 0.5) is 17.6 Å². The van der Waals surface area contributed by atoms with Crippen LogP contribution in [0, 0.1) is 30.2 Å². The van der Waals surface area contributed by atoms with E-state index in [4.69, 9.17) is 11.6 Å². The quantitative estimate of drug-likeness (QED) is 0.0982. The van der Waals surface area contributed by atoms with Crippen LogP contribution >= 0.6 is 11.6 Å². The second-order valence-corrected chi connectivity index (χ2v) is 11.0. The number of nitrogens with zero attached hydrogens (tertiary/aromatic N) is 1. The summed E-state index contributed by atoms with van der Waals surface area (Å²) in [6.07, 6.45) is 4.09. The lowest BCUT2D eigenvalue weighted by atomic mass is 9.87. The predicted octanol–water partition coefficient (Wildman–Crippen LogP) is 8.95. The molecule has 0 aromatic heterocycles. The van der Waals surface area contributed by atoms with Crippen molar-refractivity contribution in [3.8, 4) is 0 Å². The molecule has 0 aliphatic carbocycles. The standard InChI is InChI=1S/C34H36ClF4N3O/c1-6-23(20(2)3)9-10-24(25-8-7-21(4)31(38)16-25)15-22(5)41-34(40-19-27-11-13-28(36)18-29(27)35)42-33(43)26-12-14-30(37)32(39)17-26/h7-9,11-14,16-18,22,24H,2,6,10,15,19H2,1,3-5H3,(H2,40,41,42,43). The summed E-state index contributed by atoms with van der Waals surface area (Å²) in [5.74, 6) is -3.77. The first-order valence-corrected chi connectivity index (χ1v) is 14.4. The summed E-state index contributed by atoms with van der Waals surface area (Å²) in [6.45, 7) is 11.7. The molecule has 0 radical (unpaired) electrons. The van der Waals surface area contributed by atoms with Gasteiger partial charge in [-0.25, -0.2) is 22.6 Å². The number of hydrogen-bond acceptors (Lipinski definition) is 2. The number of carbonyl (C=O) groups excluding carboxylic acids is 1. The molecule has 0 saturated heterocycles. The number of aliphatic imine (C=N–C) groups is 1. The molecule has 0 spiro atoms. The fourth-order valence-electron chi connectivity index (χ4n) is 4.61. The van der Waals surface area contributed by atoms with Crippen molar-refractivity contribution in [3.05, 3.63) is 129 Å².